The fourth-order valence-electron chi connectivity index (χ4n) is 1.83. The van der Waals surface area contributed by atoms with Gasteiger partial charge < -0.3 is 4.74 Å². The van der Waals surface area contributed by atoms with Crippen molar-refractivity contribution in [1.29, 1.82) is 0 Å². The summed E-state index contributed by atoms with van der Waals surface area (Å²) in [4.78, 5) is 12.7. The average Bonchev–Trinajstić information content (AvgIpc) is 2.91. The van der Waals surface area contributed by atoms with Crippen molar-refractivity contribution in [2.75, 3.05) is 6.61 Å². The molecular weight excluding hydrogens is 364 g/mol. The van der Waals surface area contributed by atoms with Crippen molar-refractivity contribution in [3.8, 4) is 5.75 Å². The summed E-state index contributed by atoms with van der Waals surface area (Å²) in [6.07, 6.45) is 1.61. The molecule has 0 aliphatic heterocycles. The molecule has 0 atom stereocenters. The third kappa shape index (κ3) is 4.96. The van der Waals surface area contributed by atoms with Crippen LogP contribution in [0.3, 0.4) is 0 Å². The van der Waals surface area contributed by atoms with Crippen molar-refractivity contribution in [1.82, 2.24) is 5.43 Å². The van der Waals surface area contributed by atoms with Gasteiger partial charge in [-0.1, -0.05) is 32.0 Å². The minimum Gasteiger partial charge on any atom is -0.483 e. The molecule has 0 unspecified atom stereocenters. The van der Waals surface area contributed by atoms with Crippen molar-refractivity contribution in [2.45, 2.75) is 19.8 Å². The predicted molar refractivity (Wildman–Crippen MR) is 93.8 cm³/mol. The van der Waals surface area contributed by atoms with Gasteiger partial charge in [-0.25, -0.2) is 5.43 Å². The third-order valence-corrected chi connectivity index (χ3v) is 4.43. The Labute approximate surface area is 142 Å². The van der Waals surface area contributed by atoms with E-state index in [9.17, 15) is 4.79 Å². The van der Waals surface area contributed by atoms with Gasteiger partial charge in [0.05, 0.1) is 10.0 Å². The van der Waals surface area contributed by atoms with E-state index in [1.54, 1.807) is 6.21 Å². The second kappa shape index (κ2) is 8.10. The molecule has 1 aromatic carbocycles. The number of nitrogens with one attached hydrogen (secondary N) is 1. The number of para-hydroxylation sites is 1. The molecular formula is C16H17BrN2O2S. The normalized spacial score (nSPS) is 11.1. The smallest absolute Gasteiger partial charge is 0.277 e. The first kappa shape index (κ1) is 16.7. The van der Waals surface area contributed by atoms with Gasteiger partial charge in [-0.2, -0.15) is 5.10 Å². The second-order valence-electron chi connectivity index (χ2n) is 4.92. The summed E-state index contributed by atoms with van der Waals surface area (Å²) in [6, 6.07) is 11.6. The molecule has 6 heteroatoms. The highest BCUT2D eigenvalue weighted by Crippen LogP contribution is 2.25. The maximum atomic E-state index is 11.7. The number of benzene rings is 1. The molecule has 2 aromatic rings. The van der Waals surface area contributed by atoms with Crippen molar-refractivity contribution in [3.63, 3.8) is 0 Å². The highest BCUT2D eigenvalue weighted by atomic mass is 79.9. The Morgan fingerprint density at radius 3 is 2.82 bits per heavy atom. The maximum Gasteiger partial charge on any atom is 0.277 e. The van der Waals surface area contributed by atoms with E-state index >= 15 is 0 Å². The number of carbonyl (C=O) groups excluding carboxylic acids is 1. The Kier molecular flexibility index (Phi) is 6.15. The zero-order valence-electron chi connectivity index (χ0n) is 12.4. The number of hydrogen-bond donors (Lipinski definition) is 1. The molecule has 1 amide bonds. The first-order valence-corrected chi connectivity index (χ1v) is 8.46. The summed E-state index contributed by atoms with van der Waals surface area (Å²) in [5.41, 5.74) is 3.54. The summed E-state index contributed by atoms with van der Waals surface area (Å²) >= 11 is 4.91. The lowest BCUT2D eigenvalue weighted by Gasteiger charge is -2.12. The van der Waals surface area contributed by atoms with Crippen LogP contribution in [0.2, 0.25) is 0 Å². The van der Waals surface area contributed by atoms with Crippen LogP contribution in [0.15, 0.2) is 45.3 Å². The lowest BCUT2D eigenvalue weighted by Crippen LogP contribution is -2.24. The quantitative estimate of drug-likeness (QED) is 0.603. The van der Waals surface area contributed by atoms with Gasteiger partial charge in [0, 0.05) is 4.88 Å². The highest BCUT2D eigenvalue weighted by molar-refractivity contribution is 9.11. The number of thiophene rings is 1. The molecule has 1 N–H and O–H groups in total. The van der Waals surface area contributed by atoms with E-state index in [4.69, 9.17) is 4.74 Å². The van der Waals surface area contributed by atoms with Crippen LogP contribution >= 0.6 is 27.3 Å². The van der Waals surface area contributed by atoms with E-state index in [-0.39, 0.29) is 12.5 Å². The number of hydrazone groups is 1. The minimum absolute atomic E-state index is 0.0603. The van der Waals surface area contributed by atoms with Crippen LogP contribution in [0.25, 0.3) is 0 Å². The first-order chi connectivity index (χ1) is 10.6. The molecule has 0 spiro atoms. The van der Waals surface area contributed by atoms with Crippen LogP contribution in [-0.4, -0.2) is 18.7 Å². The van der Waals surface area contributed by atoms with Gasteiger partial charge >= 0.3 is 0 Å². The van der Waals surface area contributed by atoms with Crippen molar-refractivity contribution in [3.05, 3.63) is 50.6 Å². The van der Waals surface area contributed by atoms with Gasteiger partial charge in [-0.3, -0.25) is 4.79 Å². The van der Waals surface area contributed by atoms with Crippen LogP contribution in [-0.2, 0) is 4.79 Å². The fourth-order valence-corrected chi connectivity index (χ4v) is 3.13. The number of ether oxygens (including phenoxy) is 1. The van der Waals surface area contributed by atoms with Crippen LogP contribution in [0.4, 0.5) is 0 Å². The van der Waals surface area contributed by atoms with Gasteiger partial charge in [0.25, 0.3) is 5.91 Å². The standard InChI is InChI=1S/C16H17BrN2O2S/c1-11(2)13-5-3-4-6-14(13)21-10-16(20)19-18-9-12-7-8-15(17)22-12/h3-9,11H,10H2,1-2H3,(H,19,20). The molecule has 0 radical (unpaired) electrons. The van der Waals surface area contributed by atoms with Crippen molar-refractivity contribution < 1.29 is 9.53 Å². The summed E-state index contributed by atoms with van der Waals surface area (Å²) in [5, 5.41) is 3.91. The molecule has 1 aromatic heterocycles. The average molecular weight is 381 g/mol. The van der Waals surface area contributed by atoms with E-state index in [1.165, 1.54) is 11.3 Å². The molecule has 22 heavy (non-hydrogen) atoms. The van der Waals surface area contributed by atoms with Gasteiger partial charge in [0.2, 0.25) is 0 Å². The van der Waals surface area contributed by atoms with E-state index in [2.05, 4.69) is 40.3 Å². The first-order valence-electron chi connectivity index (χ1n) is 6.85. The molecule has 0 fully saturated rings. The van der Waals surface area contributed by atoms with Gasteiger partial charge in [0.15, 0.2) is 6.61 Å². The second-order valence-corrected chi connectivity index (χ2v) is 7.41. The van der Waals surface area contributed by atoms with Crippen molar-refractivity contribution in [2.24, 2.45) is 5.10 Å². The fraction of sp³-hybridized carbons (Fsp3) is 0.250. The third-order valence-electron chi connectivity index (χ3n) is 2.87. The van der Waals surface area contributed by atoms with E-state index < -0.39 is 0 Å². The molecule has 2 rings (SSSR count). The number of nitrogens with zero attached hydrogens (tertiary/aromatic N) is 1. The SMILES string of the molecule is CC(C)c1ccccc1OCC(=O)NN=Cc1ccc(Br)s1. The van der Waals surface area contributed by atoms with Gasteiger partial charge in [0.1, 0.15) is 5.75 Å². The Hall–Kier alpha value is -1.66. The largest absolute Gasteiger partial charge is 0.483 e. The lowest BCUT2D eigenvalue weighted by atomic mass is 10.0. The Bertz CT molecular complexity index is 668. The van der Waals surface area contributed by atoms with Crippen LogP contribution in [0.5, 0.6) is 5.75 Å². The summed E-state index contributed by atoms with van der Waals surface area (Å²) in [7, 11) is 0. The summed E-state index contributed by atoms with van der Waals surface area (Å²) in [6.45, 7) is 4.12. The topological polar surface area (TPSA) is 50.7 Å². The predicted octanol–water partition coefficient (Wildman–Crippen LogP) is 4.16. The van der Waals surface area contributed by atoms with E-state index in [0.29, 0.717) is 5.92 Å². The molecule has 0 saturated carbocycles. The summed E-state index contributed by atoms with van der Waals surface area (Å²) < 4.78 is 6.60. The molecule has 0 aliphatic carbocycles. The Balaban J connectivity index is 1.84. The molecule has 116 valence electrons. The monoisotopic (exact) mass is 380 g/mol. The number of amides is 1. The molecule has 0 bridgehead atoms. The number of halogens is 1. The maximum absolute atomic E-state index is 11.7. The summed E-state index contributed by atoms with van der Waals surface area (Å²) in [5.74, 6) is 0.791. The lowest BCUT2D eigenvalue weighted by molar-refractivity contribution is -0.123. The molecule has 0 aliphatic rings. The van der Waals surface area contributed by atoms with Crippen LogP contribution < -0.4 is 10.2 Å². The molecule has 0 saturated heterocycles. The molecule has 1 heterocycles. The number of rotatable bonds is 6. The van der Waals surface area contributed by atoms with E-state index in [1.807, 2.05) is 36.4 Å². The van der Waals surface area contributed by atoms with E-state index in [0.717, 1.165) is 20.0 Å². The molecule has 4 nitrogen and oxygen atoms in total. The van der Waals surface area contributed by atoms with Crippen LogP contribution in [0.1, 0.15) is 30.2 Å². The van der Waals surface area contributed by atoms with Gasteiger partial charge in [-0.15, -0.1) is 11.3 Å². The zero-order chi connectivity index (χ0) is 15.9. The van der Waals surface area contributed by atoms with Crippen LogP contribution in [0, 0.1) is 0 Å². The van der Waals surface area contributed by atoms with Gasteiger partial charge in [-0.05, 0) is 45.6 Å². The number of hydrogen-bond acceptors (Lipinski definition) is 4. The highest BCUT2D eigenvalue weighted by Gasteiger charge is 2.08. The number of carbonyl (C=O) groups is 1. The Morgan fingerprint density at radius 1 is 1.36 bits per heavy atom. The van der Waals surface area contributed by atoms with Crippen molar-refractivity contribution >= 4 is 39.4 Å². The Morgan fingerprint density at radius 2 is 2.14 bits per heavy atom. The zero-order valence-corrected chi connectivity index (χ0v) is 14.8. The minimum atomic E-state index is -0.287.